The first-order chi connectivity index (χ1) is 9.15. The van der Waals surface area contributed by atoms with Crippen molar-refractivity contribution in [2.24, 2.45) is 5.73 Å². The number of rotatable bonds is 9. The molecule has 0 amide bonds. The van der Waals surface area contributed by atoms with Crippen molar-refractivity contribution in [1.29, 1.82) is 0 Å². The van der Waals surface area contributed by atoms with Crippen LogP contribution in [0.15, 0.2) is 22.7 Å². The molecule has 106 valence electrons. The van der Waals surface area contributed by atoms with Gasteiger partial charge in [-0.1, -0.05) is 28.1 Å². The van der Waals surface area contributed by atoms with Crippen LogP contribution in [-0.2, 0) is 9.47 Å². The molecule has 0 heterocycles. The highest BCUT2D eigenvalue weighted by Gasteiger charge is 2.05. The number of thiocarbonyl (C=S) groups is 1. The lowest BCUT2D eigenvalue weighted by molar-refractivity contribution is 0.0705. The van der Waals surface area contributed by atoms with Crippen molar-refractivity contribution in [3.8, 4) is 0 Å². The molecule has 4 nitrogen and oxygen atoms in total. The van der Waals surface area contributed by atoms with E-state index >= 15 is 0 Å². The fourth-order valence-electron chi connectivity index (χ4n) is 1.52. The molecule has 0 atom stereocenters. The van der Waals surface area contributed by atoms with Crippen LogP contribution >= 0.6 is 28.1 Å². The highest BCUT2D eigenvalue weighted by atomic mass is 79.9. The standard InChI is InChI=1S/C13H19BrN2O2S/c1-17-7-8-18-6-2-5-16-12-9-10(14)3-4-11(12)13(15)19/h3-4,9,16H,2,5-8H2,1H3,(H2,15,19). The maximum atomic E-state index is 5.69. The van der Waals surface area contributed by atoms with Crippen LogP contribution in [-0.4, -0.2) is 38.5 Å². The van der Waals surface area contributed by atoms with Gasteiger partial charge in [0.25, 0.3) is 0 Å². The minimum atomic E-state index is 0.395. The molecule has 0 spiro atoms. The normalized spacial score (nSPS) is 10.4. The average Bonchev–Trinajstić information content (AvgIpc) is 2.37. The minimum absolute atomic E-state index is 0.395. The first-order valence-electron chi connectivity index (χ1n) is 6.05. The lowest BCUT2D eigenvalue weighted by Crippen LogP contribution is -2.14. The van der Waals surface area contributed by atoms with Crippen LogP contribution in [0.4, 0.5) is 5.69 Å². The molecular formula is C13H19BrN2O2S. The summed E-state index contributed by atoms with van der Waals surface area (Å²) in [6.45, 7) is 2.77. The molecule has 0 aliphatic carbocycles. The summed E-state index contributed by atoms with van der Waals surface area (Å²) in [5.74, 6) is 0. The number of nitrogens with one attached hydrogen (secondary N) is 1. The zero-order valence-corrected chi connectivity index (χ0v) is 13.4. The fourth-order valence-corrected chi connectivity index (χ4v) is 2.06. The molecule has 3 N–H and O–H groups in total. The summed E-state index contributed by atoms with van der Waals surface area (Å²) < 4.78 is 11.3. The Bertz CT molecular complexity index is 416. The average molecular weight is 347 g/mol. The lowest BCUT2D eigenvalue weighted by atomic mass is 10.2. The maximum absolute atomic E-state index is 5.69. The van der Waals surface area contributed by atoms with Crippen LogP contribution in [0.3, 0.4) is 0 Å². The van der Waals surface area contributed by atoms with Gasteiger partial charge in [0, 0.05) is 36.0 Å². The monoisotopic (exact) mass is 346 g/mol. The second-order valence-corrected chi connectivity index (χ2v) is 5.30. The van der Waals surface area contributed by atoms with Crippen molar-refractivity contribution in [3.05, 3.63) is 28.2 Å². The second kappa shape index (κ2) is 9.25. The van der Waals surface area contributed by atoms with Gasteiger partial charge in [-0.2, -0.15) is 0 Å². The van der Waals surface area contributed by atoms with E-state index in [0.29, 0.717) is 24.8 Å². The Hall–Kier alpha value is -0.690. The summed E-state index contributed by atoms with van der Waals surface area (Å²) in [5, 5.41) is 3.32. The van der Waals surface area contributed by atoms with Gasteiger partial charge in [-0.25, -0.2) is 0 Å². The van der Waals surface area contributed by atoms with E-state index in [1.54, 1.807) is 7.11 Å². The van der Waals surface area contributed by atoms with Crippen molar-refractivity contribution in [3.63, 3.8) is 0 Å². The van der Waals surface area contributed by atoms with E-state index in [1.165, 1.54) is 0 Å². The Labute approximate surface area is 127 Å². The SMILES string of the molecule is COCCOCCCNc1cc(Br)ccc1C(N)=S. The Kier molecular flexibility index (Phi) is 7.97. The van der Waals surface area contributed by atoms with Crippen LogP contribution in [0.25, 0.3) is 0 Å². The lowest BCUT2D eigenvalue weighted by Gasteiger charge is -2.12. The third kappa shape index (κ3) is 6.33. The predicted octanol–water partition coefficient (Wildman–Crippen LogP) is 2.55. The molecule has 0 radical (unpaired) electrons. The number of benzene rings is 1. The predicted molar refractivity (Wildman–Crippen MR) is 85.8 cm³/mol. The molecule has 0 saturated heterocycles. The van der Waals surface area contributed by atoms with Gasteiger partial charge in [0.05, 0.1) is 13.2 Å². The molecule has 1 aromatic rings. The molecule has 0 unspecified atom stereocenters. The van der Waals surface area contributed by atoms with Crippen molar-refractivity contribution in [2.75, 3.05) is 38.8 Å². The molecule has 6 heteroatoms. The molecule has 0 aliphatic heterocycles. The maximum Gasteiger partial charge on any atom is 0.106 e. The Morgan fingerprint density at radius 1 is 1.37 bits per heavy atom. The smallest absolute Gasteiger partial charge is 0.106 e. The molecule has 0 bridgehead atoms. The Morgan fingerprint density at radius 2 is 2.16 bits per heavy atom. The second-order valence-electron chi connectivity index (χ2n) is 3.94. The summed E-state index contributed by atoms with van der Waals surface area (Å²) >= 11 is 8.46. The highest BCUT2D eigenvalue weighted by Crippen LogP contribution is 2.21. The van der Waals surface area contributed by atoms with Gasteiger partial charge in [-0.15, -0.1) is 0 Å². The number of hydrogen-bond acceptors (Lipinski definition) is 4. The highest BCUT2D eigenvalue weighted by molar-refractivity contribution is 9.10. The van der Waals surface area contributed by atoms with Gasteiger partial charge < -0.3 is 20.5 Å². The minimum Gasteiger partial charge on any atom is -0.389 e. The summed E-state index contributed by atoms with van der Waals surface area (Å²) in [6, 6.07) is 5.80. The number of methoxy groups -OCH3 is 1. The van der Waals surface area contributed by atoms with Crippen molar-refractivity contribution >= 4 is 38.8 Å². The zero-order valence-electron chi connectivity index (χ0n) is 10.9. The molecule has 0 saturated carbocycles. The van der Waals surface area contributed by atoms with Crippen molar-refractivity contribution in [1.82, 2.24) is 0 Å². The molecule has 0 aliphatic rings. The third-order valence-corrected chi connectivity index (χ3v) is 3.17. The van der Waals surface area contributed by atoms with E-state index in [1.807, 2.05) is 18.2 Å². The summed E-state index contributed by atoms with van der Waals surface area (Å²) in [6.07, 6.45) is 0.910. The van der Waals surface area contributed by atoms with Gasteiger partial charge in [0.15, 0.2) is 0 Å². The van der Waals surface area contributed by atoms with Gasteiger partial charge in [0.1, 0.15) is 4.99 Å². The first-order valence-corrected chi connectivity index (χ1v) is 7.25. The third-order valence-electron chi connectivity index (χ3n) is 2.46. The zero-order chi connectivity index (χ0) is 14.1. The summed E-state index contributed by atoms with van der Waals surface area (Å²) in [4.78, 5) is 0.395. The van der Waals surface area contributed by atoms with Crippen LogP contribution in [0.1, 0.15) is 12.0 Å². The van der Waals surface area contributed by atoms with E-state index in [4.69, 9.17) is 27.4 Å². The number of anilines is 1. The summed E-state index contributed by atoms with van der Waals surface area (Å²) in [7, 11) is 1.66. The Balaban J connectivity index is 2.36. The molecule has 0 fully saturated rings. The van der Waals surface area contributed by atoms with Crippen LogP contribution in [0.5, 0.6) is 0 Å². The van der Waals surface area contributed by atoms with Gasteiger partial charge in [-0.05, 0) is 24.6 Å². The molecule has 1 aromatic carbocycles. The first kappa shape index (κ1) is 16.4. The quantitative estimate of drug-likeness (QED) is 0.531. The van der Waals surface area contributed by atoms with Crippen LogP contribution < -0.4 is 11.1 Å². The fraction of sp³-hybridized carbons (Fsp3) is 0.462. The topological polar surface area (TPSA) is 56.5 Å². The molecule has 1 rings (SSSR count). The number of nitrogens with two attached hydrogens (primary N) is 1. The number of halogens is 1. The molecular weight excluding hydrogens is 328 g/mol. The van der Waals surface area contributed by atoms with Gasteiger partial charge in [0.2, 0.25) is 0 Å². The number of ether oxygens (including phenoxy) is 2. The van der Waals surface area contributed by atoms with E-state index in [9.17, 15) is 0 Å². The Morgan fingerprint density at radius 3 is 2.84 bits per heavy atom. The van der Waals surface area contributed by atoms with Gasteiger partial charge >= 0.3 is 0 Å². The molecule has 19 heavy (non-hydrogen) atoms. The molecule has 0 aromatic heterocycles. The van der Waals surface area contributed by atoms with Gasteiger partial charge in [-0.3, -0.25) is 0 Å². The van der Waals surface area contributed by atoms with E-state index in [2.05, 4.69) is 21.2 Å². The van der Waals surface area contributed by atoms with E-state index in [0.717, 1.165) is 28.7 Å². The summed E-state index contributed by atoms with van der Waals surface area (Å²) in [5.41, 5.74) is 7.49. The van der Waals surface area contributed by atoms with Crippen LogP contribution in [0, 0.1) is 0 Å². The largest absolute Gasteiger partial charge is 0.389 e. The van der Waals surface area contributed by atoms with Crippen molar-refractivity contribution < 1.29 is 9.47 Å². The van der Waals surface area contributed by atoms with E-state index < -0.39 is 0 Å². The van der Waals surface area contributed by atoms with E-state index in [-0.39, 0.29) is 0 Å². The van der Waals surface area contributed by atoms with Crippen molar-refractivity contribution in [2.45, 2.75) is 6.42 Å². The van der Waals surface area contributed by atoms with Crippen LogP contribution in [0.2, 0.25) is 0 Å². The number of hydrogen-bond donors (Lipinski definition) is 2.